The number of rotatable bonds is 9. The van der Waals surface area contributed by atoms with Crippen LogP contribution in [0.5, 0.6) is 0 Å². The number of phosphoric ester groups is 1. The van der Waals surface area contributed by atoms with Crippen LogP contribution in [0.3, 0.4) is 0 Å². The summed E-state index contributed by atoms with van der Waals surface area (Å²) in [6.07, 6.45) is 1.54. The van der Waals surface area contributed by atoms with E-state index in [-0.39, 0.29) is 17.8 Å². The summed E-state index contributed by atoms with van der Waals surface area (Å²) in [5, 5.41) is 0. The maximum Gasteiger partial charge on any atom is 0.476 e. The van der Waals surface area contributed by atoms with Gasteiger partial charge < -0.3 is 0 Å². The molecule has 0 heterocycles. The lowest BCUT2D eigenvalue weighted by Crippen LogP contribution is -2.37. The number of alkyl halides is 6. The molecule has 3 saturated carbocycles. The van der Waals surface area contributed by atoms with Crippen LogP contribution < -0.4 is 0 Å². The topological polar surface area (TPSA) is 44.8 Å². The van der Waals surface area contributed by atoms with Crippen molar-refractivity contribution in [3.05, 3.63) is 0 Å². The molecule has 0 bridgehead atoms. The Balaban J connectivity index is 1.84. The monoisotopic (exact) mass is 548 g/mol. The normalized spacial score (nSPS) is 34.4. The highest BCUT2D eigenvalue weighted by atomic mass is 35.5. The number of hydrogen-bond donors (Lipinski definition) is 0. The fraction of sp³-hybridized carbons (Fsp3) is 1.00. The predicted molar refractivity (Wildman–Crippen MR) is 121 cm³/mol. The van der Waals surface area contributed by atoms with E-state index in [9.17, 15) is 4.57 Å². The summed E-state index contributed by atoms with van der Waals surface area (Å²) < 4.78 is 29.2. The summed E-state index contributed by atoms with van der Waals surface area (Å²) in [5.74, 6) is -0.688. The Morgan fingerprint density at radius 2 is 0.793 bits per heavy atom. The molecule has 170 valence electrons. The minimum Gasteiger partial charge on any atom is -0.280 e. The van der Waals surface area contributed by atoms with Crippen molar-refractivity contribution in [2.75, 3.05) is 0 Å². The third-order valence-electron chi connectivity index (χ3n) is 6.04. The van der Waals surface area contributed by atoms with E-state index in [1.807, 2.05) is 0 Å². The summed E-state index contributed by atoms with van der Waals surface area (Å²) in [4.78, 5) is 0. The zero-order valence-electron chi connectivity index (χ0n) is 17.2. The molecule has 0 aromatic heterocycles. The SMILES string of the molecule is CC(C)(OP(=O)(OC(C)(C)C1CC1(Cl)Cl)OC(C)(C)C1CC1(Cl)Cl)C1CC1(Cl)Cl. The van der Waals surface area contributed by atoms with Gasteiger partial charge in [-0.05, 0) is 60.8 Å². The van der Waals surface area contributed by atoms with Gasteiger partial charge in [0.2, 0.25) is 0 Å². The molecule has 0 aromatic rings. The Labute approximate surface area is 203 Å². The first-order valence-electron chi connectivity index (χ1n) is 9.49. The quantitative estimate of drug-likeness (QED) is 0.215. The third kappa shape index (κ3) is 5.51. The van der Waals surface area contributed by atoms with Gasteiger partial charge in [0.1, 0.15) is 13.0 Å². The fourth-order valence-corrected chi connectivity index (χ4v) is 8.74. The number of hydrogen-bond acceptors (Lipinski definition) is 4. The van der Waals surface area contributed by atoms with Gasteiger partial charge >= 0.3 is 7.82 Å². The molecular weight excluding hydrogens is 524 g/mol. The largest absolute Gasteiger partial charge is 0.476 e. The second-order valence-corrected chi connectivity index (χ2v) is 16.2. The second kappa shape index (κ2) is 7.17. The highest BCUT2D eigenvalue weighted by molar-refractivity contribution is 7.48. The van der Waals surface area contributed by atoms with Crippen molar-refractivity contribution in [1.29, 1.82) is 0 Å². The van der Waals surface area contributed by atoms with Crippen LogP contribution in [-0.2, 0) is 18.1 Å². The van der Waals surface area contributed by atoms with Crippen molar-refractivity contribution in [3.63, 3.8) is 0 Å². The molecule has 3 fully saturated rings. The van der Waals surface area contributed by atoms with Crippen LogP contribution in [0.25, 0.3) is 0 Å². The third-order valence-corrected chi connectivity index (χ3v) is 10.6. The second-order valence-electron chi connectivity index (χ2n) is 10.1. The molecule has 3 aliphatic rings. The first-order valence-corrected chi connectivity index (χ1v) is 13.2. The molecule has 3 aliphatic carbocycles. The van der Waals surface area contributed by atoms with Crippen molar-refractivity contribution in [2.24, 2.45) is 17.8 Å². The van der Waals surface area contributed by atoms with Gasteiger partial charge in [0.15, 0.2) is 0 Å². The molecule has 0 amide bonds. The van der Waals surface area contributed by atoms with Crippen LogP contribution >= 0.6 is 77.4 Å². The maximum absolute atomic E-state index is 14.0. The first kappa shape index (κ1) is 25.5. The molecule has 3 rings (SSSR count). The van der Waals surface area contributed by atoms with Crippen molar-refractivity contribution >= 4 is 77.4 Å². The molecule has 0 radical (unpaired) electrons. The molecule has 0 saturated heterocycles. The summed E-state index contributed by atoms with van der Waals surface area (Å²) in [6, 6.07) is 0. The van der Waals surface area contributed by atoms with Crippen LogP contribution in [-0.4, -0.2) is 29.8 Å². The molecule has 0 spiro atoms. The van der Waals surface area contributed by atoms with E-state index < -0.39 is 37.6 Å². The van der Waals surface area contributed by atoms with Crippen LogP contribution in [0.4, 0.5) is 0 Å². The molecule has 3 unspecified atom stereocenters. The molecule has 29 heavy (non-hydrogen) atoms. The maximum atomic E-state index is 14.0. The minimum atomic E-state index is -4.15. The highest BCUT2D eigenvalue weighted by Crippen LogP contribution is 2.70. The lowest BCUT2D eigenvalue weighted by Gasteiger charge is -2.38. The van der Waals surface area contributed by atoms with Gasteiger partial charge in [0, 0.05) is 17.8 Å². The van der Waals surface area contributed by atoms with Gasteiger partial charge in [0.25, 0.3) is 0 Å². The predicted octanol–water partition coefficient (Wildman–Crippen LogP) is 8.06. The number of halogens is 6. The van der Waals surface area contributed by atoms with Gasteiger partial charge in [-0.25, -0.2) is 4.57 Å². The van der Waals surface area contributed by atoms with Crippen molar-refractivity contribution in [2.45, 2.75) is 90.6 Å². The van der Waals surface area contributed by atoms with Crippen molar-refractivity contribution in [3.8, 4) is 0 Å². The van der Waals surface area contributed by atoms with Gasteiger partial charge in [-0.15, -0.1) is 69.6 Å². The van der Waals surface area contributed by atoms with Crippen LogP contribution in [0.2, 0.25) is 0 Å². The van der Waals surface area contributed by atoms with Crippen molar-refractivity contribution < 1.29 is 18.1 Å². The van der Waals surface area contributed by atoms with E-state index in [0.29, 0.717) is 19.3 Å². The summed E-state index contributed by atoms with van der Waals surface area (Å²) >= 11 is 37.4. The van der Waals surface area contributed by atoms with E-state index in [0.717, 1.165) is 0 Å². The first-order chi connectivity index (χ1) is 12.6. The number of phosphoric acid groups is 1. The van der Waals surface area contributed by atoms with Gasteiger partial charge in [-0.2, -0.15) is 0 Å². The highest BCUT2D eigenvalue weighted by Gasteiger charge is 2.66. The molecule has 0 N–H and O–H groups in total. The smallest absolute Gasteiger partial charge is 0.280 e. The van der Waals surface area contributed by atoms with Crippen LogP contribution in [0.15, 0.2) is 0 Å². The lowest BCUT2D eigenvalue weighted by molar-refractivity contribution is -0.0580. The Hall–Kier alpha value is 1.85. The Morgan fingerprint density at radius 3 is 0.931 bits per heavy atom. The average molecular weight is 551 g/mol. The molecule has 0 aliphatic heterocycles. The van der Waals surface area contributed by atoms with E-state index >= 15 is 0 Å². The van der Waals surface area contributed by atoms with Gasteiger partial charge in [-0.3, -0.25) is 13.6 Å². The van der Waals surface area contributed by atoms with E-state index in [1.54, 1.807) is 41.5 Å². The minimum absolute atomic E-state index is 0.229. The van der Waals surface area contributed by atoms with Gasteiger partial charge in [-0.1, -0.05) is 0 Å². The zero-order valence-corrected chi connectivity index (χ0v) is 22.6. The molecule has 11 heteroatoms. The molecular formula is C18H27Cl6O4P. The summed E-state index contributed by atoms with van der Waals surface area (Å²) in [6.45, 7) is 10.6. The van der Waals surface area contributed by atoms with E-state index in [2.05, 4.69) is 0 Å². The molecule has 3 atom stereocenters. The Kier molecular flexibility index (Phi) is 6.30. The lowest BCUT2D eigenvalue weighted by atomic mass is 10.0. The Morgan fingerprint density at radius 1 is 0.621 bits per heavy atom. The summed E-state index contributed by atoms with van der Waals surface area (Å²) in [5.41, 5.74) is -2.89. The van der Waals surface area contributed by atoms with Crippen LogP contribution in [0.1, 0.15) is 60.8 Å². The average Bonchev–Trinajstić information content (AvgIpc) is 3.34. The van der Waals surface area contributed by atoms with E-state index in [4.69, 9.17) is 83.2 Å². The van der Waals surface area contributed by atoms with Gasteiger partial charge in [0.05, 0.1) is 16.8 Å². The Bertz CT molecular complexity index is 641. The molecule has 4 nitrogen and oxygen atoms in total. The standard InChI is InChI=1S/C18H27Cl6O4P/c1-13(2,10-7-16(10,19)20)26-29(25,27-14(3,4)11-8-17(11,21)22)28-15(5,6)12-9-18(12,23)24/h10-12H,7-9H2,1-6H3. The van der Waals surface area contributed by atoms with Crippen LogP contribution in [0, 0.1) is 17.8 Å². The summed E-state index contributed by atoms with van der Waals surface area (Å²) in [7, 11) is -4.15. The van der Waals surface area contributed by atoms with E-state index in [1.165, 1.54) is 0 Å². The zero-order chi connectivity index (χ0) is 22.5. The fourth-order valence-electron chi connectivity index (χ4n) is 4.01. The van der Waals surface area contributed by atoms with Crippen molar-refractivity contribution in [1.82, 2.24) is 0 Å². The molecule has 0 aromatic carbocycles.